The summed E-state index contributed by atoms with van der Waals surface area (Å²) in [6, 6.07) is -0.297. The third-order valence-corrected chi connectivity index (χ3v) is 4.13. The molecule has 3 unspecified atom stereocenters. The van der Waals surface area contributed by atoms with Gasteiger partial charge in [0.05, 0.1) is 24.6 Å². The van der Waals surface area contributed by atoms with Gasteiger partial charge in [-0.1, -0.05) is 23.8 Å². The molecule has 1 aliphatic heterocycles. The molecule has 126 valence electrons. The molecule has 0 amide bonds. The van der Waals surface area contributed by atoms with Gasteiger partial charge >= 0.3 is 5.97 Å². The highest BCUT2D eigenvalue weighted by Crippen LogP contribution is 2.30. The van der Waals surface area contributed by atoms with Crippen LogP contribution >= 0.6 is 0 Å². The zero-order valence-corrected chi connectivity index (χ0v) is 13.1. The summed E-state index contributed by atoms with van der Waals surface area (Å²) in [6.45, 7) is 2.28. The molecular weight excluding hydrogens is 312 g/mol. The Morgan fingerprint density at radius 1 is 1.42 bits per heavy atom. The number of β-amino-alcohol motifs (C(OH)–C–C–N with tert-alkyl or cyclic N) is 1. The van der Waals surface area contributed by atoms with Crippen LogP contribution in [0, 0.1) is 5.92 Å². The Labute approximate surface area is 138 Å². The van der Waals surface area contributed by atoms with Gasteiger partial charge in [0.15, 0.2) is 5.78 Å². The summed E-state index contributed by atoms with van der Waals surface area (Å²) >= 11 is 0. The number of carboxylic acids is 1. The van der Waals surface area contributed by atoms with Crippen LogP contribution in [0.5, 0.6) is 0 Å². The molecule has 2 N–H and O–H groups in total. The normalized spacial score (nSPS) is 24.2. The van der Waals surface area contributed by atoms with Crippen molar-refractivity contribution in [3.63, 3.8) is 0 Å². The number of ketones is 1. The third-order valence-electron chi connectivity index (χ3n) is 4.13. The van der Waals surface area contributed by atoms with Crippen molar-refractivity contribution in [1.82, 2.24) is 19.7 Å². The van der Waals surface area contributed by atoms with Crippen LogP contribution in [0.1, 0.15) is 6.92 Å². The minimum Gasteiger partial charge on any atom is -0.478 e. The number of hydrogen-bond acceptors (Lipinski definition) is 6. The Bertz CT molecular complexity index is 735. The lowest BCUT2D eigenvalue weighted by molar-refractivity contribution is -0.136. The zero-order valence-electron chi connectivity index (χ0n) is 13.1. The van der Waals surface area contributed by atoms with E-state index in [9.17, 15) is 19.8 Å². The molecule has 8 heteroatoms. The molecule has 0 radical (unpaired) electrons. The number of aliphatic hydroxyl groups excluding tert-OH is 1. The van der Waals surface area contributed by atoms with Gasteiger partial charge in [-0.05, 0) is 6.92 Å². The number of fused-ring (bicyclic) bond motifs is 1. The van der Waals surface area contributed by atoms with Crippen molar-refractivity contribution in [3.05, 3.63) is 48.2 Å². The summed E-state index contributed by atoms with van der Waals surface area (Å²) < 4.78 is 1.50. The highest BCUT2D eigenvalue weighted by Gasteiger charge is 2.39. The van der Waals surface area contributed by atoms with Crippen molar-refractivity contribution in [3.8, 4) is 0 Å². The van der Waals surface area contributed by atoms with E-state index in [4.69, 9.17) is 0 Å². The van der Waals surface area contributed by atoms with Crippen molar-refractivity contribution in [2.24, 2.45) is 5.92 Å². The van der Waals surface area contributed by atoms with Gasteiger partial charge in [0.1, 0.15) is 18.2 Å². The highest BCUT2D eigenvalue weighted by molar-refractivity contribution is 6.18. The van der Waals surface area contributed by atoms with E-state index in [1.165, 1.54) is 23.5 Å². The summed E-state index contributed by atoms with van der Waals surface area (Å²) in [5.74, 6) is -2.21. The fourth-order valence-corrected chi connectivity index (χ4v) is 3.03. The monoisotopic (exact) mass is 330 g/mol. The predicted molar refractivity (Wildman–Crippen MR) is 83.6 cm³/mol. The molecule has 0 fully saturated rings. The van der Waals surface area contributed by atoms with E-state index in [-0.39, 0.29) is 24.7 Å². The van der Waals surface area contributed by atoms with E-state index >= 15 is 0 Å². The average Bonchev–Trinajstić information content (AvgIpc) is 3.02. The average molecular weight is 330 g/mol. The van der Waals surface area contributed by atoms with Crippen molar-refractivity contribution >= 4 is 11.8 Å². The lowest BCUT2D eigenvalue weighted by atomic mass is 9.82. The minimum atomic E-state index is -1.25. The smallest absolute Gasteiger partial charge is 0.340 e. The zero-order chi connectivity index (χ0) is 17.3. The molecule has 1 aromatic rings. The molecule has 0 aromatic carbocycles. The maximum absolute atomic E-state index is 12.4. The van der Waals surface area contributed by atoms with Crippen molar-refractivity contribution in [2.75, 3.05) is 6.54 Å². The molecule has 2 heterocycles. The quantitative estimate of drug-likeness (QED) is 0.731. The lowest BCUT2D eigenvalue weighted by Gasteiger charge is -2.39. The minimum absolute atomic E-state index is 0.183. The highest BCUT2D eigenvalue weighted by atomic mass is 16.4. The molecule has 0 saturated heterocycles. The molecule has 1 aliphatic carbocycles. The molecule has 2 aliphatic rings. The number of carbonyl (C=O) groups is 2. The Kier molecular flexibility index (Phi) is 4.30. The largest absolute Gasteiger partial charge is 0.478 e. The van der Waals surface area contributed by atoms with Crippen LogP contribution < -0.4 is 0 Å². The molecule has 0 bridgehead atoms. The van der Waals surface area contributed by atoms with Crippen LogP contribution in [0.3, 0.4) is 0 Å². The topological polar surface area (TPSA) is 109 Å². The summed E-state index contributed by atoms with van der Waals surface area (Å²) in [5, 5.41) is 23.5. The summed E-state index contributed by atoms with van der Waals surface area (Å²) in [4.78, 5) is 29.3. The number of rotatable bonds is 5. The summed E-state index contributed by atoms with van der Waals surface area (Å²) in [5.41, 5.74) is 0.655. The Balaban J connectivity index is 1.83. The lowest BCUT2D eigenvalue weighted by Crippen LogP contribution is -2.48. The van der Waals surface area contributed by atoms with Crippen LogP contribution in [-0.2, 0) is 16.1 Å². The van der Waals surface area contributed by atoms with E-state index in [0.717, 1.165) is 5.57 Å². The summed E-state index contributed by atoms with van der Waals surface area (Å²) in [7, 11) is 0. The Hall–Kier alpha value is -2.74. The van der Waals surface area contributed by atoms with Crippen LogP contribution in [0.25, 0.3) is 0 Å². The predicted octanol–water partition coefficient (Wildman–Crippen LogP) is -0.00690. The number of Topliss-reactive ketones (excluding diaryl/α,β-unsaturated/α-hetero) is 1. The molecule has 0 spiro atoms. The van der Waals surface area contributed by atoms with Crippen molar-refractivity contribution in [2.45, 2.75) is 25.6 Å². The van der Waals surface area contributed by atoms with Gasteiger partial charge in [0.2, 0.25) is 0 Å². The van der Waals surface area contributed by atoms with Gasteiger partial charge in [-0.25, -0.2) is 9.78 Å². The van der Waals surface area contributed by atoms with Crippen molar-refractivity contribution in [1.29, 1.82) is 0 Å². The van der Waals surface area contributed by atoms with Gasteiger partial charge in [-0.3, -0.25) is 9.48 Å². The number of allylic oxidation sites excluding steroid dienone is 2. The molecule has 24 heavy (non-hydrogen) atoms. The van der Waals surface area contributed by atoms with Crippen molar-refractivity contribution < 1.29 is 19.8 Å². The van der Waals surface area contributed by atoms with E-state index in [1.807, 2.05) is 19.1 Å². The van der Waals surface area contributed by atoms with Gasteiger partial charge < -0.3 is 15.1 Å². The van der Waals surface area contributed by atoms with Gasteiger partial charge in [0, 0.05) is 12.7 Å². The van der Waals surface area contributed by atoms with Crippen LogP contribution in [0.4, 0.5) is 0 Å². The second-order valence-electron chi connectivity index (χ2n) is 5.97. The second kappa shape index (κ2) is 6.40. The van der Waals surface area contributed by atoms with E-state index in [2.05, 4.69) is 10.1 Å². The number of carboxylic acid groups (broad SMARTS) is 1. The molecule has 3 rings (SSSR count). The molecule has 3 atom stereocenters. The number of aliphatic carboxylic acids is 1. The fraction of sp³-hybridized carbons (Fsp3) is 0.375. The summed E-state index contributed by atoms with van der Waals surface area (Å²) in [6.07, 6.45) is 8.96. The van der Waals surface area contributed by atoms with E-state index < -0.39 is 23.8 Å². The maximum Gasteiger partial charge on any atom is 0.340 e. The molecule has 8 nitrogen and oxygen atoms in total. The number of hydrogen-bond donors (Lipinski definition) is 2. The standard InChI is InChI=1S/C16H18N4O4/c1-10-2-3-14-12(4-10)15(22)13(16(23)24)7-19(14)5-11(21)6-20-9-17-8-18-20/h2-4,7-9,11-12,14,21H,5-6H2,1H3,(H,23,24). The third kappa shape index (κ3) is 3.13. The molecule has 1 aromatic heterocycles. The van der Waals surface area contributed by atoms with Gasteiger partial charge in [-0.2, -0.15) is 5.10 Å². The van der Waals surface area contributed by atoms with E-state index in [0.29, 0.717) is 0 Å². The first-order chi connectivity index (χ1) is 11.5. The maximum atomic E-state index is 12.4. The number of carbonyl (C=O) groups excluding carboxylic acids is 1. The van der Waals surface area contributed by atoms with Gasteiger partial charge in [-0.15, -0.1) is 0 Å². The van der Waals surface area contributed by atoms with Crippen LogP contribution in [-0.4, -0.2) is 60.3 Å². The Morgan fingerprint density at radius 2 is 2.21 bits per heavy atom. The van der Waals surface area contributed by atoms with E-state index in [1.54, 1.807) is 11.0 Å². The van der Waals surface area contributed by atoms with Crippen LogP contribution in [0.2, 0.25) is 0 Å². The Morgan fingerprint density at radius 3 is 2.88 bits per heavy atom. The second-order valence-corrected chi connectivity index (χ2v) is 5.97. The first-order valence-corrected chi connectivity index (χ1v) is 7.58. The number of aromatic nitrogens is 3. The number of aliphatic hydroxyl groups is 1. The SMILES string of the molecule is CC1=CC2C(=O)C(C(=O)O)=CN(CC(O)Cn3cncn3)C2C=C1. The molecule has 0 saturated carbocycles. The fourth-order valence-electron chi connectivity index (χ4n) is 3.03. The number of nitrogens with zero attached hydrogens (tertiary/aromatic N) is 4. The molecular formula is C16H18N4O4. The first-order valence-electron chi connectivity index (χ1n) is 7.58. The van der Waals surface area contributed by atoms with Crippen LogP contribution in [0.15, 0.2) is 48.2 Å². The first kappa shape index (κ1) is 16.1. The van der Waals surface area contributed by atoms with Gasteiger partial charge in [0.25, 0.3) is 0 Å².